The zero-order valence-corrected chi connectivity index (χ0v) is 19.2. The van der Waals surface area contributed by atoms with Crippen molar-refractivity contribution in [1.82, 2.24) is 15.5 Å². The van der Waals surface area contributed by atoms with Crippen LogP contribution in [0.4, 0.5) is 0 Å². The van der Waals surface area contributed by atoms with Gasteiger partial charge in [-0.3, -0.25) is 14.5 Å². The van der Waals surface area contributed by atoms with Crippen LogP contribution >= 0.6 is 0 Å². The molecule has 0 bridgehead atoms. The maximum atomic E-state index is 12.8. The molecule has 2 unspecified atom stereocenters. The quantitative estimate of drug-likeness (QED) is 0.643. The summed E-state index contributed by atoms with van der Waals surface area (Å²) in [6.45, 7) is 11.0. The van der Waals surface area contributed by atoms with E-state index in [1.807, 2.05) is 13.8 Å². The van der Waals surface area contributed by atoms with Crippen LogP contribution < -0.4 is 20.1 Å². The summed E-state index contributed by atoms with van der Waals surface area (Å²) < 4.78 is 10.5. The van der Waals surface area contributed by atoms with Gasteiger partial charge in [0.2, 0.25) is 5.91 Å². The number of nitrogens with one attached hydrogen (secondary N) is 2. The van der Waals surface area contributed by atoms with Crippen molar-refractivity contribution in [2.24, 2.45) is 11.8 Å². The number of likely N-dealkylation sites (tertiary alicyclic amines) is 1. The first-order chi connectivity index (χ1) is 14.2. The number of methoxy groups -OCH3 is 2. The standard InChI is InChI=1S/C23H37N3O4/c1-15(2)21(23(28)24-14-17(4)26-9-7-16(3)8-10-26)25-22(27)18-11-19(29-5)13-20(12-18)30-6/h11-13,15-17,21H,7-10,14H2,1-6H3,(H,24,28)(H,25,27). The molecule has 168 valence electrons. The van der Waals surface area contributed by atoms with Crippen molar-refractivity contribution in [3.05, 3.63) is 23.8 Å². The van der Waals surface area contributed by atoms with Crippen LogP contribution in [-0.4, -0.2) is 62.7 Å². The highest BCUT2D eigenvalue weighted by Gasteiger charge is 2.26. The van der Waals surface area contributed by atoms with Gasteiger partial charge < -0.3 is 20.1 Å². The van der Waals surface area contributed by atoms with Gasteiger partial charge in [0.05, 0.1) is 14.2 Å². The summed E-state index contributed by atoms with van der Waals surface area (Å²) in [6.07, 6.45) is 2.40. The van der Waals surface area contributed by atoms with Gasteiger partial charge in [0.1, 0.15) is 17.5 Å². The average Bonchev–Trinajstić information content (AvgIpc) is 2.75. The third-order valence-electron chi connectivity index (χ3n) is 5.86. The van der Waals surface area contributed by atoms with Crippen LogP contribution in [0.5, 0.6) is 11.5 Å². The second kappa shape index (κ2) is 11.2. The number of hydrogen-bond acceptors (Lipinski definition) is 5. The molecule has 2 atom stereocenters. The predicted octanol–water partition coefficient (Wildman–Crippen LogP) is 2.69. The van der Waals surface area contributed by atoms with E-state index in [2.05, 4.69) is 29.4 Å². The summed E-state index contributed by atoms with van der Waals surface area (Å²) in [6, 6.07) is 4.61. The van der Waals surface area contributed by atoms with Crippen LogP contribution in [-0.2, 0) is 4.79 Å². The van der Waals surface area contributed by atoms with E-state index >= 15 is 0 Å². The van der Waals surface area contributed by atoms with E-state index in [0.29, 0.717) is 23.6 Å². The van der Waals surface area contributed by atoms with Crippen molar-refractivity contribution in [1.29, 1.82) is 0 Å². The lowest BCUT2D eigenvalue weighted by Gasteiger charge is -2.35. The number of piperidine rings is 1. The van der Waals surface area contributed by atoms with Crippen LogP contribution in [0.3, 0.4) is 0 Å². The van der Waals surface area contributed by atoms with Crippen molar-refractivity contribution in [2.75, 3.05) is 33.9 Å². The molecule has 0 aromatic heterocycles. The number of carbonyl (C=O) groups excluding carboxylic acids is 2. The molecular formula is C23H37N3O4. The Labute approximate surface area is 180 Å². The van der Waals surface area contributed by atoms with E-state index in [4.69, 9.17) is 9.47 Å². The minimum Gasteiger partial charge on any atom is -0.497 e. The lowest BCUT2D eigenvalue weighted by atomic mass is 9.98. The average molecular weight is 420 g/mol. The number of benzene rings is 1. The normalized spacial score (nSPS) is 17.3. The summed E-state index contributed by atoms with van der Waals surface area (Å²) in [7, 11) is 3.07. The largest absolute Gasteiger partial charge is 0.497 e. The molecule has 1 aromatic carbocycles. The number of carbonyl (C=O) groups is 2. The second-order valence-electron chi connectivity index (χ2n) is 8.61. The van der Waals surface area contributed by atoms with Crippen LogP contribution in [0.1, 0.15) is 50.9 Å². The molecule has 2 rings (SSSR count). The number of nitrogens with zero attached hydrogens (tertiary/aromatic N) is 1. The van der Waals surface area contributed by atoms with E-state index in [-0.39, 0.29) is 23.8 Å². The van der Waals surface area contributed by atoms with E-state index in [1.54, 1.807) is 18.2 Å². The minimum atomic E-state index is -0.622. The van der Waals surface area contributed by atoms with Crippen LogP contribution in [0.15, 0.2) is 18.2 Å². The molecule has 0 radical (unpaired) electrons. The van der Waals surface area contributed by atoms with Crippen molar-refractivity contribution >= 4 is 11.8 Å². The molecule has 7 nitrogen and oxygen atoms in total. The maximum absolute atomic E-state index is 12.8. The molecule has 0 spiro atoms. The first-order valence-electron chi connectivity index (χ1n) is 10.8. The monoisotopic (exact) mass is 419 g/mol. The molecule has 1 saturated heterocycles. The molecule has 1 aliphatic rings. The highest BCUT2D eigenvalue weighted by molar-refractivity contribution is 5.98. The second-order valence-corrected chi connectivity index (χ2v) is 8.61. The summed E-state index contributed by atoms with van der Waals surface area (Å²) in [4.78, 5) is 28.1. The number of amides is 2. The molecule has 1 heterocycles. The highest BCUT2D eigenvalue weighted by atomic mass is 16.5. The molecule has 30 heavy (non-hydrogen) atoms. The van der Waals surface area contributed by atoms with E-state index in [9.17, 15) is 9.59 Å². The molecule has 2 amide bonds. The topological polar surface area (TPSA) is 79.9 Å². The predicted molar refractivity (Wildman–Crippen MR) is 118 cm³/mol. The van der Waals surface area contributed by atoms with Crippen LogP contribution in [0, 0.1) is 11.8 Å². The smallest absolute Gasteiger partial charge is 0.252 e. The molecule has 1 aliphatic heterocycles. The zero-order chi connectivity index (χ0) is 22.3. The fourth-order valence-electron chi connectivity index (χ4n) is 3.65. The van der Waals surface area contributed by atoms with Gasteiger partial charge in [-0.1, -0.05) is 20.8 Å². The van der Waals surface area contributed by atoms with E-state index in [0.717, 1.165) is 19.0 Å². The van der Waals surface area contributed by atoms with Gasteiger partial charge in [-0.2, -0.15) is 0 Å². The Hall–Kier alpha value is -2.28. The van der Waals surface area contributed by atoms with Gasteiger partial charge in [-0.25, -0.2) is 0 Å². The number of ether oxygens (including phenoxy) is 2. The molecule has 2 N–H and O–H groups in total. The molecular weight excluding hydrogens is 382 g/mol. The number of hydrogen-bond donors (Lipinski definition) is 2. The van der Waals surface area contributed by atoms with Gasteiger partial charge >= 0.3 is 0 Å². The Kier molecular flexibility index (Phi) is 8.96. The molecule has 0 aliphatic carbocycles. The Morgan fingerprint density at radius 3 is 2.13 bits per heavy atom. The van der Waals surface area contributed by atoms with Crippen molar-refractivity contribution in [2.45, 2.75) is 52.6 Å². The van der Waals surface area contributed by atoms with Gasteiger partial charge in [-0.05, 0) is 56.8 Å². The minimum absolute atomic E-state index is 0.0485. The van der Waals surface area contributed by atoms with Crippen LogP contribution in [0.25, 0.3) is 0 Å². The summed E-state index contributed by atoms with van der Waals surface area (Å²) in [5, 5.41) is 5.90. The van der Waals surface area contributed by atoms with E-state index in [1.165, 1.54) is 27.1 Å². The van der Waals surface area contributed by atoms with Gasteiger partial charge in [-0.15, -0.1) is 0 Å². The first kappa shape index (κ1) is 24.0. The van der Waals surface area contributed by atoms with Crippen LogP contribution in [0.2, 0.25) is 0 Å². The highest BCUT2D eigenvalue weighted by Crippen LogP contribution is 2.23. The van der Waals surface area contributed by atoms with Gasteiger partial charge in [0.25, 0.3) is 5.91 Å². The molecule has 1 aromatic rings. The lowest BCUT2D eigenvalue weighted by Crippen LogP contribution is -2.52. The SMILES string of the molecule is COc1cc(OC)cc(C(=O)NC(C(=O)NCC(C)N2CCC(C)CC2)C(C)C)c1. The lowest BCUT2D eigenvalue weighted by molar-refractivity contribution is -0.124. The van der Waals surface area contributed by atoms with Crippen molar-refractivity contribution in [3.63, 3.8) is 0 Å². The fraction of sp³-hybridized carbons (Fsp3) is 0.652. The Balaban J connectivity index is 1.97. The van der Waals surface area contributed by atoms with Gasteiger partial charge in [0.15, 0.2) is 0 Å². The van der Waals surface area contributed by atoms with Gasteiger partial charge in [0, 0.05) is 24.2 Å². The summed E-state index contributed by atoms with van der Waals surface area (Å²) in [5.41, 5.74) is 0.389. The van der Waals surface area contributed by atoms with E-state index < -0.39 is 6.04 Å². The molecule has 0 saturated carbocycles. The Morgan fingerprint density at radius 2 is 1.63 bits per heavy atom. The Morgan fingerprint density at radius 1 is 1.07 bits per heavy atom. The number of rotatable bonds is 9. The Bertz CT molecular complexity index is 692. The fourth-order valence-corrected chi connectivity index (χ4v) is 3.65. The third kappa shape index (κ3) is 6.62. The maximum Gasteiger partial charge on any atom is 0.252 e. The summed E-state index contributed by atoms with van der Waals surface area (Å²) >= 11 is 0. The first-order valence-corrected chi connectivity index (χ1v) is 10.8. The molecule has 1 fully saturated rings. The van der Waals surface area contributed by atoms with Crippen molar-refractivity contribution < 1.29 is 19.1 Å². The molecule has 7 heteroatoms. The van der Waals surface area contributed by atoms with Crippen molar-refractivity contribution in [3.8, 4) is 11.5 Å². The third-order valence-corrected chi connectivity index (χ3v) is 5.86. The zero-order valence-electron chi connectivity index (χ0n) is 19.2. The summed E-state index contributed by atoms with van der Waals surface area (Å²) in [5.74, 6) is 1.28.